The molecule has 5 rings (SSSR count). The molecule has 13 nitrogen and oxygen atoms in total. The molecule has 0 aliphatic carbocycles. The maximum atomic E-state index is 13.3. The Hall–Kier alpha value is -3.33. The molecule has 0 unspecified atom stereocenters. The van der Waals surface area contributed by atoms with Crippen molar-refractivity contribution < 1.29 is 17.9 Å². The van der Waals surface area contributed by atoms with E-state index < -0.39 is 10.0 Å². The average Bonchev–Trinajstić information content (AvgIpc) is 3.65. The second-order valence-corrected chi connectivity index (χ2v) is 11.9. The van der Waals surface area contributed by atoms with Gasteiger partial charge >= 0.3 is 5.69 Å². The summed E-state index contributed by atoms with van der Waals surface area (Å²) in [6, 6.07) is 4.76. The summed E-state index contributed by atoms with van der Waals surface area (Å²) in [5.74, 6) is 0.879. The first-order valence-corrected chi connectivity index (χ1v) is 15.8. The van der Waals surface area contributed by atoms with Crippen molar-refractivity contribution >= 4 is 26.8 Å². The average molecular weight is 587 g/mol. The highest BCUT2D eigenvalue weighted by Gasteiger charge is 2.22. The maximum Gasteiger partial charge on any atom is 0.336 e. The van der Waals surface area contributed by atoms with Crippen molar-refractivity contribution in [3.8, 4) is 17.1 Å². The van der Waals surface area contributed by atoms with Crippen LogP contribution in [0.5, 0.6) is 5.75 Å². The Labute approximate surface area is 238 Å². The number of aromatic amines is 1. The van der Waals surface area contributed by atoms with Gasteiger partial charge in [-0.15, -0.1) is 10.2 Å². The van der Waals surface area contributed by atoms with Crippen LogP contribution >= 0.6 is 0 Å². The van der Waals surface area contributed by atoms with Crippen LogP contribution in [0.25, 0.3) is 28.2 Å². The Bertz CT molecular complexity index is 1640. The fourth-order valence-electron chi connectivity index (χ4n) is 4.95. The third-order valence-electron chi connectivity index (χ3n) is 7.16. The van der Waals surface area contributed by atoms with Crippen LogP contribution in [0.4, 0.5) is 0 Å². The van der Waals surface area contributed by atoms with Gasteiger partial charge in [0.1, 0.15) is 23.4 Å². The maximum absolute atomic E-state index is 13.3. The van der Waals surface area contributed by atoms with Gasteiger partial charge in [-0.25, -0.2) is 27.3 Å². The number of rotatable bonds is 14. The molecule has 1 fully saturated rings. The summed E-state index contributed by atoms with van der Waals surface area (Å²) in [4.78, 5) is 23.7. The number of hydrogen-bond acceptors (Lipinski definition) is 9. The topological polar surface area (TPSA) is 149 Å². The fourth-order valence-corrected chi connectivity index (χ4v) is 6.05. The highest BCUT2D eigenvalue weighted by molar-refractivity contribution is 7.89. The molecule has 0 spiro atoms. The monoisotopic (exact) mass is 586 g/mol. The lowest BCUT2D eigenvalue weighted by Gasteiger charge is -2.26. The highest BCUT2D eigenvalue weighted by Crippen LogP contribution is 2.32. The standard InChI is InChI=1S/C27H38N8O5S/c1-3-5-6-12-34-25-23(26-32-28-19-35(26)27(34)36)30-24(31-25)21-18-20(8-9-22(21)40-15-4-2)41(37,38)29-10-7-11-33-13-16-39-17-14-33/h8-9,18-19,29H,3-7,10-17H2,1-2H3,(H,30,31). The van der Waals surface area contributed by atoms with Crippen LogP contribution in [-0.4, -0.2) is 88.5 Å². The molecular weight excluding hydrogens is 548 g/mol. The van der Waals surface area contributed by atoms with Gasteiger partial charge in [-0.2, -0.15) is 0 Å². The number of hydrogen-bond donors (Lipinski definition) is 2. The summed E-state index contributed by atoms with van der Waals surface area (Å²) < 4.78 is 43.6. The Kier molecular flexibility index (Phi) is 9.32. The Balaban J connectivity index is 1.48. The van der Waals surface area contributed by atoms with Crippen molar-refractivity contribution in [2.24, 2.45) is 0 Å². The van der Waals surface area contributed by atoms with Crippen molar-refractivity contribution in [1.29, 1.82) is 0 Å². The summed E-state index contributed by atoms with van der Waals surface area (Å²) in [5.41, 5.74) is 1.56. The first kappa shape index (κ1) is 29.2. The number of fused-ring (bicyclic) bond motifs is 3. The number of ether oxygens (including phenoxy) is 2. The van der Waals surface area contributed by atoms with Crippen LogP contribution in [0, 0.1) is 0 Å². The number of H-pyrrole nitrogens is 1. The third-order valence-corrected chi connectivity index (χ3v) is 8.62. The van der Waals surface area contributed by atoms with Crippen LogP contribution < -0.4 is 15.1 Å². The van der Waals surface area contributed by atoms with Gasteiger partial charge in [0.25, 0.3) is 0 Å². The SMILES string of the molecule is CCCCCn1c(=O)n2cnnc2c2[nH]c(-c3cc(S(=O)(=O)NCCCN4CCOCC4)ccc3OCCC)nc21. The zero-order chi connectivity index (χ0) is 28.8. The fraction of sp³-hybridized carbons (Fsp3) is 0.556. The second kappa shape index (κ2) is 13.1. The van der Waals surface area contributed by atoms with E-state index in [0.717, 1.165) is 45.3 Å². The van der Waals surface area contributed by atoms with E-state index >= 15 is 0 Å². The highest BCUT2D eigenvalue weighted by atomic mass is 32.2. The number of nitrogens with zero attached hydrogens (tertiary/aromatic N) is 6. The molecule has 222 valence electrons. The predicted octanol–water partition coefficient (Wildman–Crippen LogP) is 2.41. The molecule has 41 heavy (non-hydrogen) atoms. The van der Waals surface area contributed by atoms with Crippen LogP contribution in [0.15, 0.2) is 34.2 Å². The lowest BCUT2D eigenvalue weighted by Crippen LogP contribution is -2.38. The van der Waals surface area contributed by atoms with Gasteiger partial charge in [0.2, 0.25) is 10.0 Å². The minimum absolute atomic E-state index is 0.108. The summed E-state index contributed by atoms with van der Waals surface area (Å²) in [7, 11) is -3.79. The number of nitrogens with one attached hydrogen (secondary N) is 2. The van der Waals surface area contributed by atoms with Crippen molar-refractivity contribution in [3.63, 3.8) is 0 Å². The van der Waals surface area contributed by atoms with Gasteiger partial charge in [0.05, 0.1) is 30.3 Å². The molecule has 3 aromatic heterocycles. The van der Waals surface area contributed by atoms with Gasteiger partial charge in [-0.3, -0.25) is 9.47 Å². The largest absolute Gasteiger partial charge is 0.493 e. The lowest BCUT2D eigenvalue weighted by atomic mass is 10.2. The molecule has 0 atom stereocenters. The minimum Gasteiger partial charge on any atom is -0.493 e. The third kappa shape index (κ3) is 6.45. The normalized spacial score (nSPS) is 14.8. The van der Waals surface area contributed by atoms with Crippen LogP contribution in [0.2, 0.25) is 0 Å². The summed E-state index contributed by atoms with van der Waals surface area (Å²) in [6.45, 7) is 9.31. The van der Waals surface area contributed by atoms with Crippen LogP contribution in [0.3, 0.4) is 0 Å². The zero-order valence-electron chi connectivity index (χ0n) is 23.6. The minimum atomic E-state index is -3.79. The summed E-state index contributed by atoms with van der Waals surface area (Å²) in [6.07, 6.45) is 5.66. The molecule has 0 amide bonds. The number of benzene rings is 1. The van der Waals surface area contributed by atoms with Crippen LogP contribution in [0.1, 0.15) is 46.0 Å². The molecule has 0 saturated carbocycles. The molecule has 1 aliphatic heterocycles. The Morgan fingerprint density at radius 3 is 2.68 bits per heavy atom. The molecule has 14 heteroatoms. The quantitative estimate of drug-likeness (QED) is 0.213. The first-order valence-electron chi connectivity index (χ1n) is 14.3. The van der Waals surface area contributed by atoms with Crippen molar-refractivity contribution in [3.05, 3.63) is 35.0 Å². The second-order valence-electron chi connectivity index (χ2n) is 10.2. The molecule has 0 bridgehead atoms. The van der Waals surface area contributed by atoms with E-state index in [1.165, 1.54) is 10.7 Å². The van der Waals surface area contributed by atoms with E-state index in [1.54, 1.807) is 22.8 Å². The van der Waals surface area contributed by atoms with E-state index in [0.29, 0.717) is 73.3 Å². The van der Waals surface area contributed by atoms with Crippen molar-refractivity contribution in [2.75, 3.05) is 46.0 Å². The smallest absolute Gasteiger partial charge is 0.336 e. The number of imidazole rings is 1. The molecule has 4 heterocycles. The van der Waals surface area contributed by atoms with Gasteiger partial charge in [0, 0.05) is 26.2 Å². The molecule has 1 saturated heterocycles. The Morgan fingerprint density at radius 1 is 1.07 bits per heavy atom. The number of unbranched alkanes of at least 4 members (excludes halogenated alkanes) is 2. The summed E-state index contributed by atoms with van der Waals surface area (Å²) in [5, 5.41) is 8.07. The molecular formula is C27H38N8O5S. The predicted molar refractivity (Wildman–Crippen MR) is 155 cm³/mol. The van der Waals surface area contributed by atoms with E-state index in [1.807, 2.05) is 6.92 Å². The van der Waals surface area contributed by atoms with E-state index in [4.69, 9.17) is 14.5 Å². The van der Waals surface area contributed by atoms with Gasteiger partial charge in [-0.05, 0) is 44.0 Å². The molecule has 2 N–H and O–H groups in total. The summed E-state index contributed by atoms with van der Waals surface area (Å²) >= 11 is 0. The van der Waals surface area contributed by atoms with Crippen molar-refractivity contribution in [2.45, 2.75) is 57.4 Å². The van der Waals surface area contributed by atoms with E-state index in [9.17, 15) is 13.2 Å². The number of aromatic nitrogens is 6. The lowest BCUT2D eigenvalue weighted by molar-refractivity contribution is 0.0376. The van der Waals surface area contributed by atoms with Crippen molar-refractivity contribution in [1.82, 2.24) is 38.8 Å². The van der Waals surface area contributed by atoms with E-state index in [-0.39, 0.29) is 10.6 Å². The number of sulfonamides is 1. The Morgan fingerprint density at radius 2 is 1.90 bits per heavy atom. The van der Waals surface area contributed by atoms with Gasteiger partial charge in [0.15, 0.2) is 11.3 Å². The number of aryl methyl sites for hydroxylation is 1. The number of morpholine rings is 1. The van der Waals surface area contributed by atoms with Crippen LogP contribution in [-0.2, 0) is 21.3 Å². The molecule has 4 aromatic rings. The zero-order valence-corrected chi connectivity index (χ0v) is 24.5. The molecule has 1 aliphatic rings. The van der Waals surface area contributed by atoms with E-state index in [2.05, 4.69) is 31.7 Å². The molecule has 1 aromatic carbocycles. The molecule has 0 radical (unpaired) electrons. The van der Waals surface area contributed by atoms with Gasteiger partial charge in [-0.1, -0.05) is 26.7 Å². The first-order chi connectivity index (χ1) is 19.9. The van der Waals surface area contributed by atoms with Gasteiger partial charge < -0.3 is 14.5 Å².